The molecule has 1 heterocycles. The Morgan fingerprint density at radius 1 is 1.47 bits per heavy atom. The number of esters is 1. The molecule has 0 aromatic heterocycles. The van der Waals surface area contributed by atoms with Crippen LogP contribution in [0.15, 0.2) is 45.2 Å². The molecule has 5 heteroatoms. The van der Waals surface area contributed by atoms with Crippen LogP contribution in [0.5, 0.6) is 0 Å². The Hall–Kier alpha value is -1.62. The molecule has 100 valence electrons. The van der Waals surface area contributed by atoms with Crippen molar-refractivity contribution in [1.29, 1.82) is 0 Å². The second-order valence-electron chi connectivity index (χ2n) is 3.95. The van der Waals surface area contributed by atoms with E-state index in [0.29, 0.717) is 24.7 Å². The Morgan fingerprint density at radius 3 is 2.89 bits per heavy atom. The van der Waals surface area contributed by atoms with Gasteiger partial charge in [0.05, 0.1) is 12.3 Å². The van der Waals surface area contributed by atoms with Crippen LogP contribution in [-0.2, 0) is 14.3 Å². The first-order valence-corrected chi connectivity index (χ1v) is 6.76. The van der Waals surface area contributed by atoms with E-state index in [1.807, 2.05) is 24.3 Å². The Labute approximate surface area is 120 Å². The number of hydrogen-bond donors (Lipinski definition) is 0. The zero-order chi connectivity index (χ0) is 13.8. The van der Waals surface area contributed by atoms with Crippen molar-refractivity contribution in [1.82, 2.24) is 0 Å². The highest BCUT2D eigenvalue weighted by Gasteiger charge is 2.22. The number of aliphatic imine (C=N–C) groups is 1. The number of benzene rings is 1. The molecule has 1 aromatic rings. The van der Waals surface area contributed by atoms with Crippen LogP contribution < -0.4 is 0 Å². The summed E-state index contributed by atoms with van der Waals surface area (Å²) in [6.45, 7) is 4.13. The van der Waals surface area contributed by atoms with Gasteiger partial charge in [0.15, 0.2) is 5.70 Å². The normalized spacial score (nSPS) is 14.8. The van der Waals surface area contributed by atoms with Crippen LogP contribution in [0.25, 0.3) is 0 Å². The molecule has 2 rings (SSSR count). The number of carbonyl (C=O) groups excluding carboxylic acids is 1. The van der Waals surface area contributed by atoms with Crippen LogP contribution in [-0.4, -0.2) is 24.9 Å². The topological polar surface area (TPSA) is 47.9 Å². The van der Waals surface area contributed by atoms with E-state index < -0.39 is 5.97 Å². The molecule has 0 N–H and O–H groups in total. The number of allylic oxidation sites excluding steroid dienone is 1. The third-order valence-electron chi connectivity index (χ3n) is 2.66. The molecule has 0 fully saturated rings. The molecule has 1 aliphatic heterocycles. The van der Waals surface area contributed by atoms with Crippen molar-refractivity contribution in [2.45, 2.75) is 13.8 Å². The van der Waals surface area contributed by atoms with Crippen LogP contribution in [0.3, 0.4) is 0 Å². The Bertz CT molecular complexity index is 564. The number of rotatable bonds is 3. The number of halogens is 1. The lowest BCUT2D eigenvalue weighted by atomic mass is 10.1. The SMILES string of the molecule is CCOC(=O)C1=C(C)OCC(c2ccccc2Br)=N1. The summed E-state index contributed by atoms with van der Waals surface area (Å²) in [5.41, 5.74) is 1.86. The molecule has 0 saturated heterocycles. The summed E-state index contributed by atoms with van der Waals surface area (Å²) in [5, 5.41) is 0. The fourth-order valence-electron chi connectivity index (χ4n) is 1.71. The molecule has 0 atom stereocenters. The van der Waals surface area contributed by atoms with Crippen LogP contribution in [0.2, 0.25) is 0 Å². The molecule has 4 nitrogen and oxygen atoms in total. The molecule has 0 radical (unpaired) electrons. The lowest BCUT2D eigenvalue weighted by Crippen LogP contribution is -2.20. The maximum absolute atomic E-state index is 11.8. The van der Waals surface area contributed by atoms with E-state index in [1.54, 1.807) is 13.8 Å². The van der Waals surface area contributed by atoms with Gasteiger partial charge >= 0.3 is 5.97 Å². The first-order valence-electron chi connectivity index (χ1n) is 5.96. The van der Waals surface area contributed by atoms with Crippen LogP contribution in [0, 0.1) is 0 Å². The van der Waals surface area contributed by atoms with E-state index in [4.69, 9.17) is 9.47 Å². The fraction of sp³-hybridized carbons (Fsp3) is 0.286. The van der Waals surface area contributed by atoms with E-state index in [0.717, 1.165) is 10.0 Å². The highest BCUT2D eigenvalue weighted by Crippen LogP contribution is 2.22. The average Bonchev–Trinajstić information content (AvgIpc) is 2.40. The van der Waals surface area contributed by atoms with Crippen LogP contribution in [0.1, 0.15) is 19.4 Å². The van der Waals surface area contributed by atoms with Gasteiger partial charge in [-0.25, -0.2) is 9.79 Å². The van der Waals surface area contributed by atoms with Crippen molar-refractivity contribution in [3.8, 4) is 0 Å². The van der Waals surface area contributed by atoms with Gasteiger partial charge in [-0.1, -0.05) is 34.1 Å². The summed E-state index contributed by atoms with van der Waals surface area (Å²) in [6, 6.07) is 7.69. The van der Waals surface area contributed by atoms with Gasteiger partial charge in [0.1, 0.15) is 12.4 Å². The summed E-state index contributed by atoms with van der Waals surface area (Å²) in [4.78, 5) is 16.2. The highest BCUT2D eigenvalue weighted by molar-refractivity contribution is 9.10. The van der Waals surface area contributed by atoms with E-state index in [-0.39, 0.29) is 5.70 Å². The molecule has 0 unspecified atom stereocenters. The van der Waals surface area contributed by atoms with E-state index in [2.05, 4.69) is 20.9 Å². The van der Waals surface area contributed by atoms with Gasteiger partial charge in [0, 0.05) is 10.0 Å². The van der Waals surface area contributed by atoms with Gasteiger partial charge in [0.25, 0.3) is 0 Å². The molecule has 1 aromatic carbocycles. The van der Waals surface area contributed by atoms with Crippen molar-refractivity contribution in [2.24, 2.45) is 4.99 Å². The van der Waals surface area contributed by atoms with Gasteiger partial charge in [0.2, 0.25) is 0 Å². The number of hydrogen-bond acceptors (Lipinski definition) is 4. The molecule has 1 aliphatic rings. The Morgan fingerprint density at radius 2 is 2.21 bits per heavy atom. The number of carbonyl (C=O) groups is 1. The smallest absolute Gasteiger partial charge is 0.360 e. The fourth-order valence-corrected chi connectivity index (χ4v) is 2.23. The second-order valence-corrected chi connectivity index (χ2v) is 4.81. The lowest BCUT2D eigenvalue weighted by Gasteiger charge is -2.18. The maximum Gasteiger partial charge on any atom is 0.360 e. The van der Waals surface area contributed by atoms with E-state index >= 15 is 0 Å². The highest BCUT2D eigenvalue weighted by atomic mass is 79.9. The summed E-state index contributed by atoms with van der Waals surface area (Å²) in [7, 11) is 0. The standard InChI is InChI=1S/C14H14BrNO3/c1-3-18-14(17)13-9(2)19-8-12(16-13)10-6-4-5-7-11(10)15/h4-7H,3,8H2,1-2H3. The van der Waals surface area contributed by atoms with Crippen molar-refractivity contribution < 1.29 is 14.3 Å². The minimum Gasteiger partial charge on any atom is -0.489 e. The van der Waals surface area contributed by atoms with Crippen LogP contribution in [0.4, 0.5) is 0 Å². The molecule has 0 aliphatic carbocycles. The minimum atomic E-state index is -0.454. The second kappa shape index (κ2) is 6.02. The molecule has 0 amide bonds. The van der Waals surface area contributed by atoms with Gasteiger partial charge in [-0.2, -0.15) is 0 Å². The van der Waals surface area contributed by atoms with Crippen molar-refractivity contribution in [3.63, 3.8) is 0 Å². The van der Waals surface area contributed by atoms with Crippen molar-refractivity contribution in [3.05, 3.63) is 45.8 Å². The predicted octanol–water partition coefficient (Wildman–Crippen LogP) is 3.06. The zero-order valence-corrected chi connectivity index (χ0v) is 12.4. The summed E-state index contributed by atoms with van der Waals surface area (Å²) in [6.07, 6.45) is 0. The maximum atomic E-state index is 11.8. The molecule has 19 heavy (non-hydrogen) atoms. The summed E-state index contributed by atoms with van der Waals surface area (Å²) >= 11 is 3.47. The van der Waals surface area contributed by atoms with Crippen molar-refractivity contribution >= 4 is 27.6 Å². The quantitative estimate of drug-likeness (QED) is 0.803. The van der Waals surface area contributed by atoms with Gasteiger partial charge in [-0.05, 0) is 19.9 Å². The van der Waals surface area contributed by atoms with Gasteiger partial charge in [-0.15, -0.1) is 0 Å². The molecule has 0 saturated carbocycles. The van der Waals surface area contributed by atoms with Gasteiger partial charge < -0.3 is 9.47 Å². The third-order valence-corrected chi connectivity index (χ3v) is 3.35. The first kappa shape index (κ1) is 13.8. The largest absolute Gasteiger partial charge is 0.489 e. The molecule has 0 spiro atoms. The zero-order valence-electron chi connectivity index (χ0n) is 10.8. The predicted molar refractivity (Wildman–Crippen MR) is 76.0 cm³/mol. The molecule has 0 bridgehead atoms. The average molecular weight is 324 g/mol. The summed E-state index contributed by atoms with van der Waals surface area (Å²) in [5.74, 6) is 0.0403. The first-order chi connectivity index (χ1) is 9.13. The number of ether oxygens (including phenoxy) is 2. The monoisotopic (exact) mass is 323 g/mol. The Kier molecular flexibility index (Phi) is 4.37. The van der Waals surface area contributed by atoms with Crippen molar-refractivity contribution in [2.75, 3.05) is 13.2 Å². The Balaban J connectivity index is 2.37. The summed E-state index contributed by atoms with van der Waals surface area (Å²) < 4.78 is 11.4. The third kappa shape index (κ3) is 3.04. The number of nitrogens with zero attached hydrogens (tertiary/aromatic N) is 1. The van der Waals surface area contributed by atoms with Crippen LogP contribution >= 0.6 is 15.9 Å². The lowest BCUT2D eigenvalue weighted by molar-refractivity contribution is -0.138. The van der Waals surface area contributed by atoms with E-state index in [9.17, 15) is 4.79 Å². The molecular formula is C14H14BrNO3. The van der Waals surface area contributed by atoms with E-state index in [1.165, 1.54) is 0 Å². The minimum absolute atomic E-state index is 0.235. The van der Waals surface area contributed by atoms with Gasteiger partial charge in [-0.3, -0.25) is 0 Å². The molecular weight excluding hydrogens is 310 g/mol.